The summed E-state index contributed by atoms with van der Waals surface area (Å²) < 4.78 is 2.20. The summed E-state index contributed by atoms with van der Waals surface area (Å²) in [6.07, 6.45) is 0. The van der Waals surface area contributed by atoms with Gasteiger partial charge in [-0.1, -0.05) is 54.6 Å². The molecule has 0 atom stereocenters. The van der Waals surface area contributed by atoms with Crippen molar-refractivity contribution in [2.75, 3.05) is 0 Å². The van der Waals surface area contributed by atoms with Crippen molar-refractivity contribution in [1.29, 1.82) is 0 Å². The van der Waals surface area contributed by atoms with E-state index in [4.69, 9.17) is 4.98 Å². The monoisotopic (exact) mass is 410 g/mol. The first-order valence-electron chi connectivity index (χ1n) is 10.7. The van der Waals surface area contributed by atoms with E-state index in [9.17, 15) is 5.11 Å². The summed E-state index contributed by atoms with van der Waals surface area (Å²) in [6, 6.07) is 35.3. The Morgan fingerprint density at radius 2 is 1.34 bits per heavy atom. The van der Waals surface area contributed by atoms with Crippen LogP contribution in [0, 0.1) is 0 Å². The predicted octanol–water partition coefficient (Wildman–Crippen LogP) is 7.32. The average molecular weight is 410 g/mol. The molecule has 0 saturated carbocycles. The number of rotatable bonds is 1. The minimum Gasteiger partial charge on any atom is -0.508 e. The van der Waals surface area contributed by atoms with Gasteiger partial charge in [0.1, 0.15) is 11.4 Å². The van der Waals surface area contributed by atoms with Crippen LogP contribution < -0.4 is 0 Å². The van der Waals surface area contributed by atoms with Gasteiger partial charge in [-0.2, -0.15) is 0 Å². The van der Waals surface area contributed by atoms with Gasteiger partial charge >= 0.3 is 0 Å². The van der Waals surface area contributed by atoms with Crippen molar-refractivity contribution in [3.8, 4) is 16.9 Å². The molecule has 150 valence electrons. The number of aromatic hydroxyl groups is 1. The molecular formula is C29H18N2O. The summed E-state index contributed by atoms with van der Waals surface area (Å²) in [4.78, 5) is 4.96. The van der Waals surface area contributed by atoms with Crippen molar-refractivity contribution in [3.63, 3.8) is 0 Å². The Balaban J connectivity index is 1.61. The lowest BCUT2D eigenvalue weighted by Gasteiger charge is -2.12. The molecule has 5 aromatic carbocycles. The van der Waals surface area contributed by atoms with E-state index in [0.717, 1.165) is 43.9 Å². The van der Waals surface area contributed by atoms with Crippen LogP contribution in [0.3, 0.4) is 0 Å². The second-order valence-corrected chi connectivity index (χ2v) is 8.28. The molecule has 7 aromatic rings. The predicted molar refractivity (Wildman–Crippen MR) is 132 cm³/mol. The van der Waals surface area contributed by atoms with Crippen LogP contribution in [0.5, 0.6) is 5.75 Å². The fourth-order valence-corrected chi connectivity index (χ4v) is 4.90. The van der Waals surface area contributed by atoms with Crippen LogP contribution in [-0.2, 0) is 0 Å². The van der Waals surface area contributed by atoms with Crippen LogP contribution in [0.25, 0.3) is 60.3 Å². The highest BCUT2D eigenvalue weighted by molar-refractivity contribution is 6.15. The van der Waals surface area contributed by atoms with Crippen molar-refractivity contribution in [1.82, 2.24) is 9.38 Å². The number of phenols is 1. The Morgan fingerprint density at radius 1 is 0.562 bits per heavy atom. The molecule has 0 saturated heterocycles. The van der Waals surface area contributed by atoms with Gasteiger partial charge in [-0.3, -0.25) is 4.40 Å². The van der Waals surface area contributed by atoms with Gasteiger partial charge in [0.15, 0.2) is 0 Å². The summed E-state index contributed by atoms with van der Waals surface area (Å²) in [5.74, 6) is 0.263. The maximum absolute atomic E-state index is 10.3. The molecule has 0 radical (unpaired) electrons. The molecule has 0 spiro atoms. The molecule has 0 bridgehead atoms. The fourth-order valence-electron chi connectivity index (χ4n) is 4.90. The molecule has 0 amide bonds. The highest BCUT2D eigenvalue weighted by Crippen LogP contribution is 2.36. The van der Waals surface area contributed by atoms with E-state index in [1.165, 1.54) is 16.3 Å². The van der Waals surface area contributed by atoms with Gasteiger partial charge in [-0.25, -0.2) is 4.98 Å². The molecule has 0 aliphatic carbocycles. The number of imidazole rings is 1. The lowest BCUT2D eigenvalue weighted by Crippen LogP contribution is -1.92. The topological polar surface area (TPSA) is 37.5 Å². The van der Waals surface area contributed by atoms with Crippen molar-refractivity contribution >= 4 is 49.1 Å². The van der Waals surface area contributed by atoms with E-state index in [0.29, 0.717) is 0 Å². The van der Waals surface area contributed by atoms with Gasteiger partial charge in [0.25, 0.3) is 0 Å². The molecule has 0 aliphatic rings. The SMILES string of the molecule is Oc1ccc2c(c1)c1cc(-c3ccc4ccccc4c3)ccc1c1nc3ccccc3n21. The molecule has 7 rings (SSSR count). The number of hydrogen-bond donors (Lipinski definition) is 1. The number of pyridine rings is 1. The van der Waals surface area contributed by atoms with E-state index in [1.807, 2.05) is 30.3 Å². The number of aromatic nitrogens is 2. The number of benzene rings is 5. The Kier molecular flexibility index (Phi) is 3.42. The average Bonchev–Trinajstić information content (AvgIpc) is 3.23. The first-order chi connectivity index (χ1) is 15.8. The highest BCUT2D eigenvalue weighted by atomic mass is 16.3. The standard InChI is InChI=1S/C29H18N2O/c32-22-12-14-27-25(17-22)24-16-21(20-10-9-18-5-1-2-6-19(18)15-20)11-13-23(24)29-30-26-7-3-4-8-28(26)31(27)29/h1-17,32H. The van der Waals surface area contributed by atoms with Crippen LogP contribution in [0.1, 0.15) is 0 Å². The number of nitrogens with zero attached hydrogens (tertiary/aromatic N) is 2. The van der Waals surface area contributed by atoms with E-state index in [-0.39, 0.29) is 5.75 Å². The summed E-state index contributed by atoms with van der Waals surface area (Å²) in [5.41, 5.74) is 6.33. The van der Waals surface area contributed by atoms with E-state index < -0.39 is 0 Å². The van der Waals surface area contributed by atoms with Gasteiger partial charge in [0.05, 0.1) is 16.6 Å². The van der Waals surface area contributed by atoms with Crippen LogP contribution >= 0.6 is 0 Å². The van der Waals surface area contributed by atoms with E-state index in [2.05, 4.69) is 71.1 Å². The molecular weight excluding hydrogens is 392 g/mol. The lowest BCUT2D eigenvalue weighted by atomic mass is 9.97. The molecule has 2 aromatic heterocycles. The zero-order valence-electron chi connectivity index (χ0n) is 17.2. The number of fused-ring (bicyclic) bond motifs is 9. The molecule has 1 N–H and O–H groups in total. The van der Waals surface area contributed by atoms with Crippen LogP contribution in [0.2, 0.25) is 0 Å². The summed E-state index contributed by atoms with van der Waals surface area (Å²) in [5, 5.41) is 15.9. The number of hydrogen-bond acceptors (Lipinski definition) is 2. The molecule has 0 fully saturated rings. The lowest BCUT2D eigenvalue weighted by molar-refractivity contribution is 0.476. The molecule has 3 nitrogen and oxygen atoms in total. The Labute approximate surface area is 183 Å². The third-order valence-electron chi connectivity index (χ3n) is 6.42. The van der Waals surface area contributed by atoms with Crippen LogP contribution in [0.15, 0.2) is 103 Å². The van der Waals surface area contributed by atoms with Gasteiger partial charge in [0, 0.05) is 10.8 Å². The normalized spacial score (nSPS) is 11.9. The van der Waals surface area contributed by atoms with E-state index in [1.54, 1.807) is 6.07 Å². The minimum atomic E-state index is 0.263. The fraction of sp³-hybridized carbons (Fsp3) is 0. The van der Waals surface area contributed by atoms with Gasteiger partial charge < -0.3 is 5.11 Å². The zero-order chi connectivity index (χ0) is 21.2. The molecule has 0 unspecified atom stereocenters. The smallest absolute Gasteiger partial charge is 0.146 e. The van der Waals surface area contributed by atoms with Crippen molar-refractivity contribution < 1.29 is 5.11 Å². The van der Waals surface area contributed by atoms with Crippen molar-refractivity contribution in [2.45, 2.75) is 0 Å². The quantitative estimate of drug-likeness (QED) is 0.288. The van der Waals surface area contributed by atoms with Gasteiger partial charge in [-0.05, 0) is 75.8 Å². The summed E-state index contributed by atoms with van der Waals surface area (Å²) in [7, 11) is 0. The zero-order valence-corrected chi connectivity index (χ0v) is 17.2. The first kappa shape index (κ1) is 17.3. The van der Waals surface area contributed by atoms with Gasteiger partial charge in [-0.15, -0.1) is 0 Å². The largest absolute Gasteiger partial charge is 0.508 e. The van der Waals surface area contributed by atoms with Crippen molar-refractivity contribution in [3.05, 3.63) is 103 Å². The maximum atomic E-state index is 10.3. The number of phenolic OH excluding ortho intramolecular Hbond substituents is 1. The van der Waals surface area contributed by atoms with Crippen molar-refractivity contribution in [2.24, 2.45) is 0 Å². The Morgan fingerprint density at radius 3 is 2.28 bits per heavy atom. The molecule has 3 heteroatoms. The molecule has 0 aliphatic heterocycles. The third kappa shape index (κ3) is 2.39. The first-order valence-corrected chi connectivity index (χ1v) is 10.7. The second-order valence-electron chi connectivity index (χ2n) is 8.28. The molecule has 2 heterocycles. The van der Waals surface area contributed by atoms with Crippen LogP contribution in [0.4, 0.5) is 0 Å². The Hall–Kier alpha value is -4.37. The Bertz CT molecular complexity index is 1850. The summed E-state index contributed by atoms with van der Waals surface area (Å²) >= 11 is 0. The molecule has 32 heavy (non-hydrogen) atoms. The third-order valence-corrected chi connectivity index (χ3v) is 6.42. The van der Waals surface area contributed by atoms with Crippen LogP contribution in [-0.4, -0.2) is 14.5 Å². The highest BCUT2D eigenvalue weighted by Gasteiger charge is 2.14. The van der Waals surface area contributed by atoms with E-state index >= 15 is 0 Å². The van der Waals surface area contributed by atoms with Gasteiger partial charge in [0.2, 0.25) is 0 Å². The summed E-state index contributed by atoms with van der Waals surface area (Å²) in [6.45, 7) is 0. The second kappa shape index (κ2) is 6.32. The maximum Gasteiger partial charge on any atom is 0.146 e. The number of para-hydroxylation sites is 2. The minimum absolute atomic E-state index is 0.263.